The molecule has 2 rings (SSSR count). The van der Waals surface area contributed by atoms with Crippen molar-refractivity contribution in [3.8, 4) is 11.8 Å². The molecule has 0 aromatic heterocycles. The van der Waals surface area contributed by atoms with Crippen molar-refractivity contribution in [1.82, 2.24) is 0 Å². The lowest BCUT2D eigenvalue weighted by molar-refractivity contribution is 0.0526. The van der Waals surface area contributed by atoms with Crippen LogP contribution in [0.2, 0.25) is 0 Å². The van der Waals surface area contributed by atoms with Crippen LogP contribution in [0.3, 0.4) is 0 Å². The van der Waals surface area contributed by atoms with E-state index < -0.39 is 34.6 Å². The fraction of sp³-hybridized carbons (Fsp3) is 0.516. The molecule has 0 heterocycles. The van der Waals surface area contributed by atoms with Gasteiger partial charge in [0.25, 0.3) is 0 Å². The first kappa shape index (κ1) is 32.1. The Balaban J connectivity index is 1.41. The van der Waals surface area contributed by atoms with Crippen LogP contribution in [0.4, 0.5) is 27.6 Å². The van der Waals surface area contributed by atoms with Gasteiger partial charge in [-0.05, 0) is 44.0 Å². The number of halogens is 5. The van der Waals surface area contributed by atoms with Gasteiger partial charge < -0.3 is 10.1 Å². The zero-order valence-corrected chi connectivity index (χ0v) is 22.6. The van der Waals surface area contributed by atoms with Gasteiger partial charge in [0.2, 0.25) is 5.82 Å². The van der Waals surface area contributed by atoms with E-state index in [0.717, 1.165) is 50.8 Å². The Morgan fingerprint density at radius 1 is 0.692 bits per heavy atom. The van der Waals surface area contributed by atoms with Gasteiger partial charge in [-0.15, -0.1) is 0 Å². The number of rotatable bonds is 17. The standard InChI is InChI=1S/C31H38F5NO2/c1-2-39-31(38)23-18-20-24(21-19-23)37-22-16-14-12-10-8-6-4-3-5-7-9-11-13-15-17-25-26(32)28(34)30(36)29(35)27(25)33/h18-21,37H,2-14,16,22H2,1H3. The lowest BCUT2D eigenvalue weighted by atomic mass is 10.0. The fourth-order valence-corrected chi connectivity index (χ4v) is 4.14. The lowest BCUT2D eigenvalue weighted by Crippen LogP contribution is -2.05. The number of unbranched alkanes of at least 4 members (excludes halogenated alkanes) is 12. The highest BCUT2D eigenvalue weighted by molar-refractivity contribution is 5.89. The molecule has 0 radical (unpaired) electrons. The molecule has 214 valence electrons. The lowest BCUT2D eigenvalue weighted by Gasteiger charge is -2.07. The SMILES string of the molecule is CCOC(=O)c1ccc(NCCCCCCCCCCCCCCC#Cc2c(F)c(F)c(F)c(F)c2F)cc1. The summed E-state index contributed by atoms with van der Waals surface area (Å²) in [5.41, 5.74) is 0.492. The molecule has 0 aliphatic rings. The average Bonchev–Trinajstić information content (AvgIpc) is 2.94. The van der Waals surface area contributed by atoms with Gasteiger partial charge in [-0.3, -0.25) is 0 Å². The van der Waals surface area contributed by atoms with Gasteiger partial charge in [0.15, 0.2) is 23.3 Å². The predicted molar refractivity (Wildman–Crippen MR) is 144 cm³/mol. The number of hydrogen-bond acceptors (Lipinski definition) is 3. The average molecular weight is 552 g/mol. The van der Waals surface area contributed by atoms with E-state index in [2.05, 4.69) is 17.2 Å². The number of esters is 1. The maximum Gasteiger partial charge on any atom is 0.338 e. The van der Waals surface area contributed by atoms with Crippen LogP contribution in [0.5, 0.6) is 0 Å². The van der Waals surface area contributed by atoms with Gasteiger partial charge >= 0.3 is 5.97 Å². The Labute approximate surface area is 228 Å². The van der Waals surface area contributed by atoms with Crippen molar-refractivity contribution in [2.24, 2.45) is 0 Å². The van der Waals surface area contributed by atoms with E-state index in [1.165, 1.54) is 38.5 Å². The van der Waals surface area contributed by atoms with E-state index in [-0.39, 0.29) is 5.97 Å². The summed E-state index contributed by atoms with van der Waals surface area (Å²) in [6.45, 7) is 3.06. The molecule has 1 N–H and O–H groups in total. The van der Waals surface area contributed by atoms with E-state index in [1.54, 1.807) is 19.1 Å². The van der Waals surface area contributed by atoms with Crippen LogP contribution in [0.15, 0.2) is 24.3 Å². The summed E-state index contributed by atoms with van der Waals surface area (Å²) in [6.07, 6.45) is 13.7. The molecule has 0 aliphatic carbocycles. The number of ether oxygens (including phenoxy) is 1. The number of benzene rings is 2. The van der Waals surface area contributed by atoms with Crippen molar-refractivity contribution in [3.05, 3.63) is 64.5 Å². The topological polar surface area (TPSA) is 38.3 Å². The quantitative estimate of drug-likeness (QED) is 0.0532. The van der Waals surface area contributed by atoms with Crippen molar-refractivity contribution >= 4 is 11.7 Å². The monoisotopic (exact) mass is 551 g/mol. The zero-order valence-electron chi connectivity index (χ0n) is 22.6. The van der Waals surface area contributed by atoms with Crippen molar-refractivity contribution in [3.63, 3.8) is 0 Å². The summed E-state index contributed by atoms with van der Waals surface area (Å²) in [6, 6.07) is 7.34. The van der Waals surface area contributed by atoms with Crippen molar-refractivity contribution in [2.45, 2.75) is 90.4 Å². The highest BCUT2D eigenvalue weighted by Crippen LogP contribution is 2.22. The molecule has 0 saturated carbocycles. The summed E-state index contributed by atoms with van der Waals surface area (Å²) in [4.78, 5) is 11.7. The number of nitrogens with one attached hydrogen (secondary N) is 1. The molecule has 0 aliphatic heterocycles. The van der Waals surface area contributed by atoms with Gasteiger partial charge in [-0.2, -0.15) is 0 Å². The first-order chi connectivity index (χ1) is 18.9. The Kier molecular flexibility index (Phi) is 15.0. The van der Waals surface area contributed by atoms with Crippen LogP contribution in [-0.2, 0) is 4.74 Å². The number of carbonyl (C=O) groups excluding carboxylic acids is 1. The van der Waals surface area contributed by atoms with Gasteiger partial charge in [-0.1, -0.05) is 76.0 Å². The third-order valence-corrected chi connectivity index (χ3v) is 6.38. The van der Waals surface area contributed by atoms with E-state index >= 15 is 0 Å². The Morgan fingerprint density at radius 2 is 1.15 bits per heavy atom. The summed E-state index contributed by atoms with van der Waals surface area (Å²) in [7, 11) is 0. The highest BCUT2D eigenvalue weighted by Gasteiger charge is 2.24. The second kappa shape index (κ2) is 18.3. The molecule has 0 fully saturated rings. The van der Waals surface area contributed by atoms with Crippen LogP contribution >= 0.6 is 0 Å². The molecule has 0 spiro atoms. The number of anilines is 1. The smallest absolute Gasteiger partial charge is 0.338 e. The minimum atomic E-state index is -2.17. The molecule has 0 unspecified atom stereocenters. The molecule has 0 bridgehead atoms. The molecule has 2 aromatic rings. The summed E-state index contributed by atoms with van der Waals surface area (Å²) in [5, 5.41) is 3.38. The number of hydrogen-bond donors (Lipinski definition) is 1. The first-order valence-electron chi connectivity index (χ1n) is 13.9. The van der Waals surface area contributed by atoms with Crippen molar-refractivity contribution in [2.75, 3.05) is 18.5 Å². The second-order valence-electron chi connectivity index (χ2n) is 9.46. The summed E-state index contributed by atoms with van der Waals surface area (Å²) >= 11 is 0. The Morgan fingerprint density at radius 3 is 1.67 bits per heavy atom. The first-order valence-corrected chi connectivity index (χ1v) is 13.9. The second-order valence-corrected chi connectivity index (χ2v) is 9.46. The van der Waals surface area contributed by atoms with Crippen LogP contribution in [0, 0.1) is 40.9 Å². The van der Waals surface area contributed by atoms with E-state index in [9.17, 15) is 26.7 Å². The third kappa shape index (κ3) is 11.3. The van der Waals surface area contributed by atoms with E-state index in [4.69, 9.17) is 4.74 Å². The summed E-state index contributed by atoms with van der Waals surface area (Å²) < 4.78 is 71.5. The van der Waals surface area contributed by atoms with Crippen LogP contribution < -0.4 is 5.32 Å². The molecule has 0 amide bonds. The molecular formula is C31H38F5NO2. The molecule has 2 aromatic carbocycles. The van der Waals surface area contributed by atoms with E-state index in [0.29, 0.717) is 18.6 Å². The molecule has 0 atom stereocenters. The van der Waals surface area contributed by atoms with Crippen LogP contribution in [0.1, 0.15) is 106 Å². The van der Waals surface area contributed by atoms with Gasteiger partial charge in [0.05, 0.1) is 12.2 Å². The molecule has 8 heteroatoms. The predicted octanol–water partition coefficient (Wildman–Crippen LogP) is 9.09. The Bertz CT molecular complexity index is 1060. The maximum atomic E-state index is 13.6. The van der Waals surface area contributed by atoms with Crippen LogP contribution in [0.25, 0.3) is 0 Å². The molecule has 39 heavy (non-hydrogen) atoms. The molecule has 3 nitrogen and oxygen atoms in total. The highest BCUT2D eigenvalue weighted by atomic mass is 19.2. The van der Waals surface area contributed by atoms with Crippen LogP contribution in [-0.4, -0.2) is 19.1 Å². The van der Waals surface area contributed by atoms with E-state index in [1.807, 2.05) is 12.1 Å². The normalized spacial score (nSPS) is 10.7. The van der Waals surface area contributed by atoms with Crippen molar-refractivity contribution in [1.29, 1.82) is 0 Å². The molecule has 0 saturated heterocycles. The van der Waals surface area contributed by atoms with Gasteiger partial charge in [0.1, 0.15) is 5.56 Å². The van der Waals surface area contributed by atoms with Gasteiger partial charge in [0, 0.05) is 18.7 Å². The number of carbonyl (C=O) groups is 1. The largest absolute Gasteiger partial charge is 0.462 e. The minimum absolute atomic E-state index is 0.300. The Hall–Kier alpha value is -3.08. The maximum absolute atomic E-state index is 13.6. The summed E-state index contributed by atoms with van der Waals surface area (Å²) in [5.74, 6) is -5.57. The fourth-order valence-electron chi connectivity index (χ4n) is 4.14. The molecular weight excluding hydrogens is 513 g/mol. The van der Waals surface area contributed by atoms with Gasteiger partial charge in [-0.25, -0.2) is 26.7 Å². The zero-order chi connectivity index (χ0) is 28.5. The van der Waals surface area contributed by atoms with Crippen molar-refractivity contribution < 1.29 is 31.5 Å². The third-order valence-electron chi connectivity index (χ3n) is 6.38. The minimum Gasteiger partial charge on any atom is -0.462 e.